The van der Waals surface area contributed by atoms with E-state index in [9.17, 15) is 4.79 Å². The van der Waals surface area contributed by atoms with E-state index in [1.807, 2.05) is 0 Å². The number of aliphatic carboxylic acids is 1. The third kappa shape index (κ3) is 1.85. The van der Waals surface area contributed by atoms with Gasteiger partial charge in [0.05, 0.1) is 17.8 Å². The Labute approximate surface area is 70.1 Å². The van der Waals surface area contributed by atoms with Crippen molar-refractivity contribution < 1.29 is 14.6 Å². The minimum Gasteiger partial charge on any atom is -0.481 e. The maximum Gasteiger partial charge on any atom is 0.304 e. The molecule has 2 unspecified atom stereocenters. The number of carboxylic acids is 1. The number of rotatable bonds is 2. The van der Waals surface area contributed by atoms with Crippen molar-refractivity contribution in [3.05, 3.63) is 0 Å². The van der Waals surface area contributed by atoms with Crippen LogP contribution in [0.3, 0.4) is 0 Å². The Hall–Kier alpha value is -0.260. The zero-order valence-corrected chi connectivity index (χ0v) is 6.88. The lowest BCUT2D eigenvalue weighted by molar-refractivity contribution is -0.138. The fraction of sp³-hybridized carbons (Fsp3) is 0.833. The van der Waals surface area contributed by atoms with Crippen LogP contribution in [0.15, 0.2) is 0 Å². The van der Waals surface area contributed by atoms with Gasteiger partial charge in [-0.2, -0.15) is 12.6 Å². The highest BCUT2D eigenvalue weighted by Gasteiger charge is 2.40. The average molecular weight is 177 g/mol. The lowest BCUT2D eigenvalue weighted by Gasteiger charge is -2.23. The summed E-state index contributed by atoms with van der Waals surface area (Å²) in [4.78, 5) is 10.3. The predicted molar refractivity (Wildman–Crippen MR) is 42.5 cm³/mol. The van der Waals surface area contributed by atoms with Crippen molar-refractivity contribution in [1.29, 1.82) is 0 Å². The Morgan fingerprint density at radius 1 is 1.91 bits per heavy atom. The van der Waals surface area contributed by atoms with Crippen LogP contribution in [0, 0.1) is 0 Å². The van der Waals surface area contributed by atoms with E-state index in [0.717, 1.165) is 0 Å². The number of carboxylic acid groups (broad SMARTS) is 1. The molecule has 0 spiro atoms. The molecule has 1 aliphatic rings. The van der Waals surface area contributed by atoms with Crippen molar-refractivity contribution in [2.24, 2.45) is 5.73 Å². The summed E-state index contributed by atoms with van der Waals surface area (Å²) in [6.07, 6.45) is 0.00264. The second kappa shape index (κ2) is 3.00. The van der Waals surface area contributed by atoms with Gasteiger partial charge in [0.15, 0.2) is 0 Å². The average Bonchev–Trinajstić information content (AvgIpc) is 2.11. The van der Waals surface area contributed by atoms with Crippen LogP contribution in [0.2, 0.25) is 0 Å². The zero-order chi connectivity index (χ0) is 8.48. The second-order valence-corrected chi connectivity index (χ2v) is 3.61. The largest absolute Gasteiger partial charge is 0.481 e. The molecule has 0 radical (unpaired) electrons. The molecule has 0 aliphatic carbocycles. The number of nitrogens with two attached hydrogens (primary N) is 1. The van der Waals surface area contributed by atoms with Crippen molar-refractivity contribution in [3.63, 3.8) is 0 Å². The van der Waals surface area contributed by atoms with Gasteiger partial charge in [0.1, 0.15) is 6.23 Å². The van der Waals surface area contributed by atoms with Gasteiger partial charge in [-0.05, 0) is 6.42 Å². The number of ether oxygens (including phenoxy) is 1. The van der Waals surface area contributed by atoms with E-state index in [1.165, 1.54) is 0 Å². The van der Waals surface area contributed by atoms with Crippen LogP contribution in [-0.4, -0.2) is 28.7 Å². The number of hydrogen-bond acceptors (Lipinski definition) is 4. The van der Waals surface area contributed by atoms with Gasteiger partial charge in [0, 0.05) is 0 Å². The van der Waals surface area contributed by atoms with Crippen LogP contribution >= 0.6 is 12.6 Å². The van der Waals surface area contributed by atoms with Gasteiger partial charge in [-0.15, -0.1) is 0 Å². The Bertz CT molecular complexity index is 175. The van der Waals surface area contributed by atoms with Gasteiger partial charge < -0.3 is 15.6 Å². The first-order chi connectivity index (χ1) is 5.04. The van der Waals surface area contributed by atoms with Crippen molar-refractivity contribution in [2.45, 2.75) is 23.8 Å². The van der Waals surface area contributed by atoms with Gasteiger partial charge >= 0.3 is 5.97 Å². The molecule has 64 valence electrons. The molecule has 0 amide bonds. The smallest absolute Gasteiger partial charge is 0.304 e. The number of carbonyl (C=O) groups is 1. The molecule has 4 nitrogen and oxygen atoms in total. The second-order valence-electron chi connectivity index (χ2n) is 2.72. The van der Waals surface area contributed by atoms with E-state index in [-0.39, 0.29) is 6.42 Å². The Morgan fingerprint density at radius 2 is 2.55 bits per heavy atom. The summed E-state index contributed by atoms with van der Waals surface area (Å²) in [5.74, 6) is -0.888. The highest BCUT2D eigenvalue weighted by atomic mass is 32.1. The molecule has 1 heterocycles. The van der Waals surface area contributed by atoms with E-state index in [2.05, 4.69) is 12.6 Å². The molecule has 3 N–H and O–H groups in total. The fourth-order valence-electron chi connectivity index (χ4n) is 1.11. The molecule has 0 bridgehead atoms. The summed E-state index contributed by atoms with van der Waals surface area (Å²) >= 11 is 4.18. The summed E-state index contributed by atoms with van der Waals surface area (Å²) in [6, 6.07) is 0. The molecule has 1 rings (SSSR count). The number of hydrogen-bond donors (Lipinski definition) is 3. The molecule has 5 heteroatoms. The molecule has 1 fully saturated rings. The van der Waals surface area contributed by atoms with Crippen molar-refractivity contribution in [3.8, 4) is 0 Å². The quantitative estimate of drug-likeness (QED) is 0.512. The molecule has 2 atom stereocenters. The van der Waals surface area contributed by atoms with Crippen molar-refractivity contribution >= 4 is 18.6 Å². The van der Waals surface area contributed by atoms with E-state index >= 15 is 0 Å². The molecule has 1 saturated heterocycles. The van der Waals surface area contributed by atoms with Crippen LogP contribution in [0.25, 0.3) is 0 Å². The lowest BCUT2D eigenvalue weighted by Crippen LogP contribution is -2.41. The van der Waals surface area contributed by atoms with Crippen LogP contribution in [-0.2, 0) is 9.53 Å². The zero-order valence-electron chi connectivity index (χ0n) is 5.99. The molecular weight excluding hydrogens is 166 g/mol. The Balaban J connectivity index is 2.58. The van der Waals surface area contributed by atoms with Crippen LogP contribution < -0.4 is 5.73 Å². The molecule has 0 saturated carbocycles. The molecule has 0 aromatic rings. The topological polar surface area (TPSA) is 72.5 Å². The molecule has 0 aromatic carbocycles. The first kappa shape index (κ1) is 8.83. The van der Waals surface area contributed by atoms with Crippen LogP contribution in [0.4, 0.5) is 0 Å². The van der Waals surface area contributed by atoms with E-state index in [4.69, 9.17) is 15.6 Å². The normalized spacial score (nSPS) is 37.5. The molecule has 11 heavy (non-hydrogen) atoms. The SMILES string of the molecule is NC1OCCC1(S)CC(=O)O. The summed E-state index contributed by atoms with van der Waals surface area (Å²) in [7, 11) is 0. The highest BCUT2D eigenvalue weighted by Crippen LogP contribution is 2.32. The first-order valence-corrected chi connectivity index (χ1v) is 3.81. The summed E-state index contributed by atoms with van der Waals surface area (Å²) in [5.41, 5.74) is 5.50. The van der Waals surface area contributed by atoms with E-state index in [0.29, 0.717) is 13.0 Å². The molecule has 0 aromatic heterocycles. The van der Waals surface area contributed by atoms with Crippen molar-refractivity contribution in [1.82, 2.24) is 0 Å². The lowest BCUT2D eigenvalue weighted by atomic mass is 10.0. The van der Waals surface area contributed by atoms with Crippen LogP contribution in [0.1, 0.15) is 12.8 Å². The van der Waals surface area contributed by atoms with Gasteiger partial charge in [-0.1, -0.05) is 0 Å². The first-order valence-electron chi connectivity index (χ1n) is 3.36. The number of thiol groups is 1. The third-order valence-corrected chi connectivity index (χ3v) is 2.46. The Morgan fingerprint density at radius 3 is 2.91 bits per heavy atom. The fourth-order valence-corrected chi connectivity index (χ4v) is 1.41. The monoisotopic (exact) mass is 177 g/mol. The highest BCUT2D eigenvalue weighted by molar-refractivity contribution is 7.82. The van der Waals surface area contributed by atoms with E-state index < -0.39 is 16.9 Å². The van der Waals surface area contributed by atoms with Gasteiger partial charge in [-0.25, -0.2) is 0 Å². The standard InChI is InChI=1S/C6H11NO3S/c7-5-6(11,1-2-10-5)3-4(8)9/h5,11H,1-3,7H2,(H,8,9). The van der Waals surface area contributed by atoms with Crippen molar-refractivity contribution in [2.75, 3.05) is 6.61 Å². The minimum atomic E-state index is -0.888. The third-order valence-electron chi connectivity index (χ3n) is 1.82. The van der Waals surface area contributed by atoms with Gasteiger partial charge in [-0.3, -0.25) is 4.79 Å². The van der Waals surface area contributed by atoms with E-state index in [1.54, 1.807) is 0 Å². The minimum absolute atomic E-state index is 0.0444. The summed E-state index contributed by atoms with van der Waals surface area (Å²) in [6.45, 7) is 0.498. The molecule has 1 aliphatic heterocycles. The summed E-state index contributed by atoms with van der Waals surface area (Å²) < 4.78 is 4.33. The molecular formula is C6H11NO3S. The van der Waals surface area contributed by atoms with Crippen LogP contribution in [0.5, 0.6) is 0 Å². The van der Waals surface area contributed by atoms with Gasteiger partial charge in [0.2, 0.25) is 0 Å². The summed E-state index contributed by atoms with van der Waals surface area (Å²) in [5, 5.41) is 8.50. The maximum atomic E-state index is 10.3. The van der Waals surface area contributed by atoms with Gasteiger partial charge in [0.25, 0.3) is 0 Å². The Kier molecular flexibility index (Phi) is 2.41. The predicted octanol–water partition coefficient (Wildman–Crippen LogP) is -0.165. The maximum absolute atomic E-state index is 10.3.